The van der Waals surface area contributed by atoms with Crippen LogP contribution in [0.2, 0.25) is 0 Å². The van der Waals surface area contributed by atoms with Crippen LogP contribution >= 0.6 is 0 Å². The topological polar surface area (TPSA) is 50.1 Å². The summed E-state index contributed by atoms with van der Waals surface area (Å²) in [6.45, 7) is 0. The summed E-state index contributed by atoms with van der Waals surface area (Å²) < 4.78 is 5.52. The number of nitriles is 1. The Hall–Kier alpha value is -1.04. The summed E-state index contributed by atoms with van der Waals surface area (Å²) in [6, 6.07) is 2.27. The molecule has 2 aliphatic rings. The van der Waals surface area contributed by atoms with E-state index in [0.29, 0.717) is 0 Å². The third-order valence-corrected chi connectivity index (χ3v) is 3.82. The van der Waals surface area contributed by atoms with Gasteiger partial charge in [0.25, 0.3) is 0 Å². The van der Waals surface area contributed by atoms with Gasteiger partial charge in [0.2, 0.25) is 0 Å². The molecule has 3 nitrogen and oxygen atoms in total. The van der Waals surface area contributed by atoms with Gasteiger partial charge in [0, 0.05) is 0 Å². The predicted molar refractivity (Wildman–Crippen MR) is 59.4 cm³/mol. The van der Waals surface area contributed by atoms with Gasteiger partial charge in [0.1, 0.15) is 6.10 Å². The van der Waals surface area contributed by atoms with Crippen molar-refractivity contribution in [1.29, 1.82) is 5.26 Å². The summed E-state index contributed by atoms with van der Waals surface area (Å²) in [5, 5.41) is 9.00. The van der Waals surface area contributed by atoms with E-state index in [9.17, 15) is 4.79 Å². The third-order valence-electron chi connectivity index (χ3n) is 3.82. The molecule has 0 unspecified atom stereocenters. The van der Waals surface area contributed by atoms with E-state index in [2.05, 4.69) is 6.07 Å². The van der Waals surface area contributed by atoms with Gasteiger partial charge >= 0.3 is 5.97 Å². The van der Waals surface area contributed by atoms with Gasteiger partial charge in [-0.3, -0.25) is 4.79 Å². The Kier molecular flexibility index (Phi) is 3.82. The van der Waals surface area contributed by atoms with Gasteiger partial charge in [-0.1, -0.05) is 19.3 Å². The van der Waals surface area contributed by atoms with Crippen molar-refractivity contribution in [3.05, 3.63) is 0 Å². The Morgan fingerprint density at radius 3 is 2.38 bits per heavy atom. The fourth-order valence-electron chi connectivity index (χ4n) is 2.79. The van der Waals surface area contributed by atoms with Crippen LogP contribution in [0.3, 0.4) is 0 Å². The van der Waals surface area contributed by atoms with E-state index in [1.54, 1.807) is 0 Å². The number of carbonyl (C=O) groups excluding carboxylic acids is 1. The highest BCUT2D eigenvalue weighted by Crippen LogP contribution is 2.30. The van der Waals surface area contributed by atoms with Crippen molar-refractivity contribution in [3.8, 4) is 6.07 Å². The minimum absolute atomic E-state index is 0.0512. The highest BCUT2D eigenvalue weighted by Gasteiger charge is 2.31. The van der Waals surface area contributed by atoms with Crippen LogP contribution in [0, 0.1) is 23.2 Å². The molecule has 16 heavy (non-hydrogen) atoms. The molecule has 0 aromatic carbocycles. The summed E-state index contributed by atoms with van der Waals surface area (Å²) >= 11 is 0. The number of esters is 1. The number of carbonyl (C=O) groups is 1. The maximum absolute atomic E-state index is 11.8. The first-order chi connectivity index (χ1) is 7.81. The number of hydrogen-bond donors (Lipinski definition) is 0. The Labute approximate surface area is 96.8 Å². The molecule has 0 aromatic rings. The zero-order valence-corrected chi connectivity index (χ0v) is 9.65. The highest BCUT2D eigenvalue weighted by atomic mass is 16.5. The molecular formula is C13H19NO2. The molecule has 0 aromatic heterocycles. The molecule has 0 spiro atoms. The van der Waals surface area contributed by atoms with Crippen molar-refractivity contribution in [2.75, 3.05) is 0 Å². The van der Waals surface area contributed by atoms with Crippen molar-refractivity contribution in [2.24, 2.45) is 11.8 Å². The number of hydrogen-bond acceptors (Lipinski definition) is 3. The van der Waals surface area contributed by atoms with Crippen LogP contribution in [-0.4, -0.2) is 12.1 Å². The summed E-state index contributed by atoms with van der Waals surface area (Å²) in [5.41, 5.74) is 0. The monoisotopic (exact) mass is 221 g/mol. The summed E-state index contributed by atoms with van der Waals surface area (Å²) in [5.74, 6) is -0.00924. The van der Waals surface area contributed by atoms with Crippen molar-refractivity contribution >= 4 is 5.97 Å². The summed E-state index contributed by atoms with van der Waals surface area (Å²) in [4.78, 5) is 11.8. The van der Waals surface area contributed by atoms with Crippen LogP contribution in [0.5, 0.6) is 0 Å². The van der Waals surface area contributed by atoms with Crippen LogP contribution in [0.1, 0.15) is 51.4 Å². The van der Waals surface area contributed by atoms with Crippen molar-refractivity contribution in [1.82, 2.24) is 0 Å². The second-order valence-electron chi connectivity index (χ2n) is 4.98. The lowest BCUT2D eigenvalue weighted by molar-refractivity contribution is -0.157. The lowest BCUT2D eigenvalue weighted by atomic mass is 9.87. The van der Waals surface area contributed by atoms with Crippen molar-refractivity contribution < 1.29 is 9.53 Å². The molecule has 0 aliphatic heterocycles. The lowest BCUT2D eigenvalue weighted by Crippen LogP contribution is -2.31. The molecule has 0 amide bonds. The third kappa shape index (κ3) is 2.55. The Balaban J connectivity index is 1.87. The number of ether oxygens (including phenoxy) is 1. The van der Waals surface area contributed by atoms with Gasteiger partial charge in [-0.2, -0.15) is 5.26 Å². The number of rotatable bonds is 2. The molecule has 0 bridgehead atoms. The van der Waals surface area contributed by atoms with Crippen LogP contribution in [0.15, 0.2) is 0 Å². The zero-order chi connectivity index (χ0) is 11.4. The van der Waals surface area contributed by atoms with E-state index in [1.165, 1.54) is 0 Å². The normalized spacial score (nSPS) is 30.9. The molecular weight excluding hydrogens is 202 g/mol. The van der Waals surface area contributed by atoms with E-state index in [4.69, 9.17) is 10.00 Å². The highest BCUT2D eigenvalue weighted by molar-refractivity contribution is 5.72. The van der Waals surface area contributed by atoms with E-state index in [-0.39, 0.29) is 23.9 Å². The first-order valence-corrected chi connectivity index (χ1v) is 6.41. The average molecular weight is 221 g/mol. The predicted octanol–water partition coefficient (Wildman–Crippen LogP) is 2.80. The average Bonchev–Trinajstić information content (AvgIpc) is 2.83. The van der Waals surface area contributed by atoms with Crippen molar-refractivity contribution in [3.63, 3.8) is 0 Å². The fourth-order valence-corrected chi connectivity index (χ4v) is 2.79. The molecule has 0 radical (unpaired) electrons. The first-order valence-electron chi connectivity index (χ1n) is 6.41. The second-order valence-corrected chi connectivity index (χ2v) is 4.98. The molecule has 2 rings (SSSR count). The van der Waals surface area contributed by atoms with Crippen LogP contribution in [0.4, 0.5) is 0 Å². The van der Waals surface area contributed by atoms with E-state index in [1.807, 2.05) is 0 Å². The first kappa shape index (κ1) is 11.4. The van der Waals surface area contributed by atoms with Gasteiger partial charge in [0.05, 0.1) is 17.9 Å². The van der Waals surface area contributed by atoms with Crippen molar-refractivity contribution in [2.45, 2.75) is 57.5 Å². The van der Waals surface area contributed by atoms with Gasteiger partial charge in [-0.25, -0.2) is 0 Å². The van der Waals surface area contributed by atoms with E-state index in [0.717, 1.165) is 51.4 Å². The molecule has 2 fully saturated rings. The molecule has 88 valence electrons. The fraction of sp³-hybridized carbons (Fsp3) is 0.846. The largest absolute Gasteiger partial charge is 0.461 e. The van der Waals surface area contributed by atoms with Crippen LogP contribution in [-0.2, 0) is 9.53 Å². The SMILES string of the molecule is N#C[C@H]1CCCC[C@H]1OC(=O)C1CCCC1. The van der Waals surface area contributed by atoms with Gasteiger partial charge in [-0.15, -0.1) is 0 Å². The lowest BCUT2D eigenvalue weighted by Gasteiger charge is -2.27. The van der Waals surface area contributed by atoms with Gasteiger partial charge in [-0.05, 0) is 32.1 Å². The summed E-state index contributed by atoms with van der Waals surface area (Å²) in [6.07, 6.45) is 8.04. The quantitative estimate of drug-likeness (QED) is 0.674. The van der Waals surface area contributed by atoms with Gasteiger partial charge < -0.3 is 4.74 Å². The Bertz CT molecular complexity index is 289. The van der Waals surface area contributed by atoms with Crippen LogP contribution < -0.4 is 0 Å². The van der Waals surface area contributed by atoms with Gasteiger partial charge in [0.15, 0.2) is 0 Å². The maximum Gasteiger partial charge on any atom is 0.309 e. The minimum Gasteiger partial charge on any atom is -0.461 e. The number of nitrogens with zero attached hydrogens (tertiary/aromatic N) is 1. The second kappa shape index (κ2) is 5.34. The molecule has 2 aliphatic carbocycles. The molecule has 3 heteroatoms. The Morgan fingerprint density at radius 1 is 1.06 bits per heavy atom. The molecule has 0 saturated heterocycles. The standard InChI is InChI=1S/C13H19NO2/c14-9-11-7-3-4-8-12(11)16-13(15)10-5-1-2-6-10/h10-12H,1-8H2/t11-,12-/m1/s1. The minimum atomic E-state index is -0.133. The van der Waals surface area contributed by atoms with E-state index < -0.39 is 0 Å². The van der Waals surface area contributed by atoms with Crippen LogP contribution in [0.25, 0.3) is 0 Å². The summed E-state index contributed by atoms with van der Waals surface area (Å²) in [7, 11) is 0. The molecule has 0 heterocycles. The van der Waals surface area contributed by atoms with E-state index >= 15 is 0 Å². The zero-order valence-electron chi connectivity index (χ0n) is 9.65. The molecule has 2 saturated carbocycles. The molecule has 0 N–H and O–H groups in total. The smallest absolute Gasteiger partial charge is 0.309 e. The molecule has 2 atom stereocenters. The Morgan fingerprint density at radius 2 is 1.69 bits per heavy atom. The maximum atomic E-state index is 11.8.